The quantitative estimate of drug-likeness (QED) is 0.770. The molecule has 0 aliphatic heterocycles. The van der Waals surface area contributed by atoms with Gasteiger partial charge >= 0.3 is 5.97 Å². The summed E-state index contributed by atoms with van der Waals surface area (Å²) in [5.41, 5.74) is 0. The van der Waals surface area contributed by atoms with E-state index < -0.39 is 17.9 Å². The molecule has 0 spiro atoms. The molecule has 2 N–H and O–H groups in total. The van der Waals surface area contributed by atoms with Gasteiger partial charge in [-0.2, -0.15) is 0 Å². The van der Waals surface area contributed by atoms with Crippen molar-refractivity contribution in [2.75, 3.05) is 6.54 Å². The first-order valence-corrected chi connectivity index (χ1v) is 7.97. The molecule has 124 valence electrons. The standard InChI is InChI=1S/C17H20FNO4/c18-12-5-7-13(8-6-12)23-14(17(21)22)9-19-16(20)15(10-1-2-10)11-3-4-11/h5-8,10-11,14-15H,1-4,9H2,(H,19,20)(H,21,22). The van der Waals surface area contributed by atoms with Crippen molar-refractivity contribution in [1.29, 1.82) is 0 Å². The van der Waals surface area contributed by atoms with E-state index in [4.69, 9.17) is 4.74 Å². The molecule has 1 amide bonds. The number of nitrogens with one attached hydrogen (secondary N) is 1. The van der Waals surface area contributed by atoms with Crippen molar-refractivity contribution in [2.24, 2.45) is 17.8 Å². The molecule has 2 saturated carbocycles. The van der Waals surface area contributed by atoms with Crippen molar-refractivity contribution in [2.45, 2.75) is 31.8 Å². The molecule has 1 aromatic carbocycles. The Labute approximate surface area is 133 Å². The average molecular weight is 321 g/mol. The minimum atomic E-state index is -1.19. The minimum Gasteiger partial charge on any atom is -0.478 e. The third kappa shape index (κ3) is 4.21. The first kappa shape index (κ1) is 15.8. The maximum atomic E-state index is 12.9. The molecule has 2 aliphatic rings. The molecule has 5 nitrogen and oxygen atoms in total. The Balaban J connectivity index is 1.55. The molecular weight excluding hydrogens is 301 g/mol. The molecule has 1 aromatic rings. The lowest BCUT2D eigenvalue weighted by atomic mass is 9.97. The summed E-state index contributed by atoms with van der Waals surface area (Å²) in [6.45, 7) is -0.0958. The van der Waals surface area contributed by atoms with Gasteiger partial charge in [0.05, 0.1) is 6.54 Å². The summed E-state index contributed by atoms with van der Waals surface area (Å²) in [6.07, 6.45) is 3.15. The van der Waals surface area contributed by atoms with Crippen LogP contribution in [0.15, 0.2) is 24.3 Å². The molecule has 23 heavy (non-hydrogen) atoms. The fourth-order valence-electron chi connectivity index (χ4n) is 2.89. The van der Waals surface area contributed by atoms with E-state index in [2.05, 4.69) is 5.32 Å². The second-order valence-electron chi connectivity index (χ2n) is 6.34. The zero-order chi connectivity index (χ0) is 16.4. The average Bonchev–Trinajstić information content (AvgIpc) is 3.40. The number of carbonyl (C=O) groups is 2. The fourth-order valence-corrected chi connectivity index (χ4v) is 2.89. The monoisotopic (exact) mass is 321 g/mol. The van der Waals surface area contributed by atoms with Crippen molar-refractivity contribution >= 4 is 11.9 Å². The number of carboxylic acids is 1. The van der Waals surface area contributed by atoms with Crippen LogP contribution in [0.3, 0.4) is 0 Å². The lowest BCUT2D eigenvalue weighted by Gasteiger charge is -2.19. The van der Waals surface area contributed by atoms with Crippen LogP contribution in [0.5, 0.6) is 5.75 Å². The third-order valence-corrected chi connectivity index (χ3v) is 4.39. The van der Waals surface area contributed by atoms with Crippen LogP contribution in [-0.2, 0) is 9.59 Å². The zero-order valence-electron chi connectivity index (χ0n) is 12.7. The highest BCUT2D eigenvalue weighted by Gasteiger charge is 2.45. The molecule has 2 fully saturated rings. The van der Waals surface area contributed by atoms with Crippen molar-refractivity contribution in [3.63, 3.8) is 0 Å². The number of hydrogen-bond acceptors (Lipinski definition) is 3. The molecule has 0 heterocycles. The number of halogens is 1. The van der Waals surface area contributed by atoms with Crippen LogP contribution in [0.4, 0.5) is 4.39 Å². The summed E-state index contributed by atoms with van der Waals surface area (Å²) in [5.74, 6) is -0.445. The van der Waals surface area contributed by atoms with Gasteiger partial charge in [-0.1, -0.05) is 0 Å². The van der Waals surface area contributed by atoms with Crippen molar-refractivity contribution in [3.05, 3.63) is 30.1 Å². The number of carboxylic acid groups (broad SMARTS) is 1. The van der Waals surface area contributed by atoms with E-state index in [1.807, 2.05) is 0 Å². The van der Waals surface area contributed by atoms with Gasteiger partial charge in [0.1, 0.15) is 11.6 Å². The zero-order valence-corrected chi connectivity index (χ0v) is 12.7. The number of rotatable bonds is 8. The summed E-state index contributed by atoms with van der Waals surface area (Å²) >= 11 is 0. The Morgan fingerprint density at radius 3 is 2.22 bits per heavy atom. The van der Waals surface area contributed by atoms with Crippen molar-refractivity contribution in [1.82, 2.24) is 5.32 Å². The number of ether oxygens (including phenoxy) is 1. The molecule has 2 aliphatic carbocycles. The summed E-state index contributed by atoms with van der Waals surface area (Å²) in [4.78, 5) is 23.6. The van der Waals surface area contributed by atoms with Crippen LogP contribution in [-0.4, -0.2) is 29.6 Å². The van der Waals surface area contributed by atoms with Crippen molar-refractivity contribution < 1.29 is 23.8 Å². The van der Waals surface area contributed by atoms with Gasteiger partial charge in [-0.3, -0.25) is 4.79 Å². The normalized spacial score (nSPS) is 18.5. The second-order valence-corrected chi connectivity index (χ2v) is 6.34. The van der Waals surface area contributed by atoms with Crippen molar-refractivity contribution in [3.8, 4) is 5.75 Å². The van der Waals surface area contributed by atoms with Gasteiger partial charge in [0.15, 0.2) is 0 Å². The van der Waals surface area contributed by atoms with Crippen LogP contribution in [0.2, 0.25) is 0 Å². The maximum Gasteiger partial charge on any atom is 0.346 e. The highest BCUT2D eigenvalue weighted by atomic mass is 19.1. The number of hydrogen-bond donors (Lipinski definition) is 2. The predicted octanol–water partition coefficient (Wildman–Crippen LogP) is 2.21. The van der Waals surface area contributed by atoms with Gasteiger partial charge in [-0.05, 0) is 61.8 Å². The maximum absolute atomic E-state index is 12.9. The molecular formula is C17H20FNO4. The van der Waals surface area contributed by atoms with E-state index >= 15 is 0 Å². The van der Waals surface area contributed by atoms with Gasteiger partial charge in [0.2, 0.25) is 12.0 Å². The Kier molecular flexibility index (Phi) is 4.50. The summed E-state index contributed by atoms with van der Waals surface area (Å²) < 4.78 is 18.2. The predicted molar refractivity (Wildman–Crippen MR) is 80.4 cm³/mol. The first-order chi connectivity index (χ1) is 11.0. The highest BCUT2D eigenvalue weighted by Crippen LogP contribution is 2.49. The SMILES string of the molecule is O=C(O)C(CNC(=O)C(C1CC1)C1CC1)Oc1ccc(F)cc1. The first-order valence-electron chi connectivity index (χ1n) is 7.97. The molecule has 0 radical (unpaired) electrons. The molecule has 0 aromatic heterocycles. The van der Waals surface area contributed by atoms with Crippen LogP contribution in [0, 0.1) is 23.6 Å². The van der Waals surface area contributed by atoms with Gasteiger partial charge in [0.25, 0.3) is 0 Å². The summed E-state index contributed by atoms with van der Waals surface area (Å²) in [7, 11) is 0. The Morgan fingerprint density at radius 2 is 1.74 bits per heavy atom. The van der Waals surface area contributed by atoms with Crippen LogP contribution >= 0.6 is 0 Å². The second kappa shape index (κ2) is 6.56. The van der Waals surface area contributed by atoms with Gasteiger partial charge < -0.3 is 15.2 Å². The van der Waals surface area contributed by atoms with Gasteiger partial charge in [0, 0.05) is 5.92 Å². The minimum absolute atomic E-state index is 0.0234. The Bertz CT molecular complexity index is 569. The lowest BCUT2D eigenvalue weighted by Crippen LogP contribution is -2.43. The third-order valence-electron chi connectivity index (χ3n) is 4.39. The van der Waals surface area contributed by atoms with E-state index in [1.54, 1.807) is 0 Å². The van der Waals surface area contributed by atoms with Crippen LogP contribution in [0.25, 0.3) is 0 Å². The molecule has 6 heteroatoms. The Hall–Kier alpha value is -2.11. The van der Waals surface area contributed by atoms with E-state index in [0.29, 0.717) is 11.8 Å². The van der Waals surface area contributed by atoms with Gasteiger partial charge in [-0.15, -0.1) is 0 Å². The number of aliphatic carboxylic acids is 1. The van der Waals surface area contributed by atoms with E-state index in [-0.39, 0.29) is 24.1 Å². The molecule has 3 rings (SSSR count). The fraction of sp³-hybridized carbons (Fsp3) is 0.529. The van der Waals surface area contributed by atoms with E-state index in [1.165, 1.54) is 24.3 Å². The lowest BCUT2D eigenvalue weighted by molar-refractivity contribution is -0.145. The highest BCUT2D eigenvalue weighted by molar-refractivity contribution is 5.81. The Morgan fingerprint density at radius 1 is 1.17 bits per heavy atom. The molecule has 1 unspecified atom stereocenters. The van der Waals surface area contributed by atoms with Crippen LogP contribution < -0.4 is 10.1 Å². The number of carbonyl (C=O) groups excluding carboxylic acids is 1. The van der Waals surface area contributed by atoms with Gasteiger partial charge in [-0.25, -0.2) is 9.18 Å². The van der Waals surface area contributed by atoms with E-state index in [9.17, 15) is 19.1 Å². The number of benzene rings is 1. The van der Waals surface area contributed by atoms with Crippen LogP contribution in [0.1, 0.15) is 25.7 Å². The molecule has 0 bridgehead atoms. The molecule has 0 saturated heterocycles. The molecule has 1 atom stereocenters. The summed E-state index contributed by atoms with van der Waals surface area (Å²) in [5, 5.41) is 12.0. The largest absolute Gasteiger partial charge is 0.478 e. The number of amides is 1. The smallest absolute Gasteiger partial charge is 0.346 e. The summed E-state index contributed by atoms with van der Waals surface area (Å²) in [6, 6.07) is 5.13. The topological polar surface area (TPSA) is 75.6 Å². The van der Waals surface area contributed by atoms with E-state index in [0.717, 1.165) is 25.7 Å².